The van der Waals surface area contributed by atoms with Crippen molar-refractivity contribution in [3.05, 3.63) is 45.9 Å². The van der Waals surface area contributed by atoms with E-state index in [-0.39, 0.29) is 12.5 Å². The average molecular weight is 306 g/mol. The van der Waals surface area contributed by atoms with Crippen LogP contribution in [0.25, 0.3) is 0 Å². The predicted octanol–water partition coefficient (Wildman–Crippen LogP) is 2.21. The number of ether oxygens (including phenoxy) is 1. The van der Waals surface area contributed by atoms with Gasteiger partial charge in [-0.3, -0.25) is 4.79 Å². The highest BCUT2D eigenvalue weighted by Crippen LogP contribution is 2.10. The number of hydrogen-bond acceptors (Lipinski definition) is 4. The quantitative estimate of drug-likeness (QED) is 0.796. The molecular formula is C15H18N2O3S. The normalized spacial score (nSPS) is 10.4. The van der Waals surface area contributed by atoms with E-state index in [1.54, 1.807) is 41.0 Å². The molecule has 0 saturated heterocycles. The monoisotopic (exact) mass is 306 g/mol. The minimum absolute atomic E-state index is 0.222. The van der Waals surface area contributed by atoms with E-state index in [9.17, 15) is 9.59 Å². The fourth-order valence-electron chi connectivity index (χ4n) is 1.87. The van der Waals surface area contributed by atoms with Crippen molar-refractivity contribution in [2.24, 2.45) is 7.05 Å². The Morgan fingerprint density at radius 2 is 2.10 bits per heavy atom. The van der Waals surface area contributed by atoms with Gasteiger partial charge in [-0.2, -0.15) is 11.3 Å². The molecule has 0 saturated carbocycles. The smallest absolute Gasteiger partial charge is 0.355 e. The maximum Gasteiger partial charge on any atom is 0.355 e. The number of hydrogen-bond donors (Lipinski definition) is 0. The summed E-state index contributed by atoms with van der Waals surface area (Å²) in [4.78, 5) is 25.4. The summed E-state index contributed by atoms with van der Waals surface area (Å²) in [6, 6.07) is 5.49. The molecule has 0 radical (unpaired) electrons. The van der Waals surface area contributed by atoms with Gasteiger partial charge in [0.2, 0.25) is 0 Å². The van der Waals surface area contributed by atoms with Gasteiger partial charge in [-0.1, -0.05) is 0 Å². The third-order valence-electron chi connectivity index (χ3n) is 3.33. The van der Waals surface area contributed by atoms with E-state index in [0.717, 1.165) is 11.3 Å². The van der Waals surface area contributed by atoms with E-state index < -0.39 is 5.97 Å². The van der Waals surface area contributed by atoms with Crippen LogP contribution in [0.4, 0.5) is 0 Å². The molecule has 6 heteroatoms. The number of likely N-dealkylation sites (N-methyl/N-ethyl adjacent to an activating group) is 1. The summed E-state index contributed by atoms with van der Waals surface area (Å²) in [5.41, 5.74) is 2.48. The van der Waals surface area contributed by atoms with E-state index in [1.807, 2.05) is 29.8 Å². The van der Waals surface area contributed by atoms with Crippen molar-refractivity contribution in [3.63, 3.8) is 0 Å². The van der Waals surface area contributed by atoms with Crippen molar-refractivity contribution >= 4 is 23.2 Å². The van der Waals surface area contributed by atoms with Crippen molar-refractivity contribution in [2.75, 3.05) is 13.7 Å². The Bertz CT molecular complexity index is 631. The Hall–Kier alpha value is -2.08. The van der Waals surface area contributed by atoms with Gasteiger partial charge in [-0.15, -0.1) is 0 Å². The van der Waals surface area contributed by atoms with Gasteiger partial charge in [0.15, 0.2) is 6.61 Å². The van der Waals surface area contributed by atoms with Crippen molar-refractivity contribution in [1.29, 1.82) is 0 Å². The van der Waals surface area contributed by atoms with Gasteiger partial charge in [0, 0.05) is 26.3 Å². The fraction of sp³-hybridized carbons (Fsp3) is 0.333. The number of rotatable bonds is 5. The van der Waals surface area contributed by atoms with E-state index >= 15 is 0 Å². The number of nitrogens with zero attached hydrogens (tertiary/aromatic N) is 2. The second-order valence-electron chi connectivity index (χ2n) is 4.88. The van der Waals surface area contributed by atoms with Crippen LogP contribution in [-0.2, 0) is 23.1 Å². The maximum atomic E-state index is 11.9. The molecule has 21 heavy (non-hydrogen) atoms. The first-order chi connectivity index (χ1) is 9.99. The molecule has 0 aliphatic carbocycles. The van der Waals surface area contributed by atoms with Gasteiger partial charge in [0.1, 0.15) is 5.69 Å². The van der Waals surface area contributed by atoms with Gasteiger partial charge in [0.05, 0.1) is 0 Å². The lowest BCUT2D eigenvalue weighted by Gasteiger charge is -2.16. The molecule has 0 bridgehead atoms. The maximum absolute atomic E-state index is 11.9. The van der Waals surface area contributed by atoms with Crippen LogP contribution in [0, 0.1) is 6.92 Å². The number of aromatic nitrogens is 1. The van der Waals surface area contributed by atoms with Crippen LogP contribution < -0.4 is 0 Å². The molecule has 2 rings (SSSR count). The Kier molecular flexibility index (Phi) is 4.80. The van der Waals surface area contributed by atoms with Crippen LogP contribution in [0.15, 0.2) is 29.0 Å². The first kappa shape index (κ1) is 15.3. The minimum atomic E-state index is -0.483. The highest BCUT2D eigenvalue weighted by atomic mass is 32.1. The molecule has 5 nitrogen and oxygen atoms in total. The molecule has 1 amide bonds. The average Bonchev–Trinajstić information content (AvgIpc) is 3.07. The zero-order valence-electron chi connectivity index (χ0n) is 12.3. The van der Waals surface area contributed by atoms with E-state index in [4.69, 9.17) is 4.74 Å². The number of aryl methyl sites for hydroxylation is 1. The number of carbonyl (C=O) groups is 2. The second-order valence-corrected chi connectivity index (χ2v) is 5.66. The third kappa shape index (κ3) is 3.72. The molecule has 0 unspecified atom stereocenters. The number of esters is 1. The summed E-state index contributed by atoms with van der Waals surface area (Å²) >= 11 is 1.59. The molecule has 0 aliphatic rings. The van der Waals surface area contributed by atoms with Crippen LogP contribution in [0.1, 0.15) is 21.7 Å². The van der Waals surface area contributed by atoms with Crippen LogP contribution in [0.3, 0.4) is 0 Å². The molecule has 2 aromatic heterocycles. The van der Waals surface area contributed by atoms with Crippen LogP contribution >= 0.6 is 11.3 Å². The largest absolute Gasteiger partial charge is 0.451 e. The molecule has 0 fully saturated rings. The Morgan fingerprint density at radius 3 is 2.67 bits per heavy atom. The molecule has 0 spiro atoms. The van der Waals surface area contributed by atoms with Gasteiger partial charge >= 0.3 is 5.97 Å². The zero-order chi connectivity index (χ0) is 15.4. The molecule has 2 heterocycles. The van der Waals surface area contributed by atoms with Crippen molar-refractivity contribution in [1.82, 2.24) is 9.47 Å². The zero-order valence-corrected chi connectivity index (χ0v) is 13.1. The Labute approximate surface area is 127 Å². The topological polar surface area (TPSA) is 51.5 Å². The summed E-state index contributed by atoms with van der Waals surface area (Å²) in [6.45, 7) is 2.17. The van der Waals surface area contributed by atoms with Gasteiger partial charge in [-0.05, 0) is 41.4 Å². The van der Waals surface area contributed by atoms with Crippen molar-refractivity contribution in [3.8, 4) is 0 Å². The predicted molar refractivity (Wildman–Crippen MR) is 81.2 cm³/mol. The Morgan fingerprint density at radius 1 is 1.33 bits per heavy atom. The molecule has 0 aromatic carbocycles. The van der Waals surface area contributed by atoms with E-state index in [1.165, 1.54) is 0 Å². The number of thiophene rings is 1. The first-order valence-electron chi connectivity index (χ1n) is 6.53. The van der Waals surface area contributed by atoms with Crippen LogP contribution in [-0.4, -0.2) is 35.0 Å². The summed E-state index contributed by atoms with van der Waals surface area (Å²) < 4.78 is 6.81. The van der Waals surface area contributed by atoms with Crippen LogP contribution in [0.2, 0.25) is 0 Å². The van der Waals surface area contributed by atoms with Gasteiger partial charge in [-0.25, -0.2) is 4.79 Å². The van der Waals surface area contributed by atoms with Crippen LogP contribution in [0.5, 0.6) is 0 Å². The van der Waals surface area contributed by atoms with Gasteiger partial charge in [0.25, 0.3) is 5.91 Å². The Balaban J connectivity index is 1.86. The lowest BCUT2D eigenvalue weighted by Crippen LogP contribution is -2.30. The highest BCUT2D eigenvalue weighted by Gasteiger charge is 2.16. The fourth-order valence-corrected chi connectivity index (χ4v) is 2.53. The number of carbonyl (C=O) groups excluding carboxylic acids is 2. The van der Waals surface area contributed by atoms with Crippen molar-refractivity contribution < 1.29 is 14.3 Å². The molecule has 0 aliphatic heterocycles. The van der Waals surface area contributed by atoms with Gasteiger partial charge < -0.3 is 14.2 Å². The van der Waals surface area contributed by atoms with Crippen molar-refractivity contribution in [2.45, 2.75) is 13.5 Å². The lowest BCUT2D eigenvalue weighted by atomic mass is 10.3. The van der Waals surface area contributed by atoms with E-state index in [0.29, 0.717) is 12.2 Å². The second kappa shape index (κ2) is 6.58. The number of amides is 1. The summed E-state index contributed by atoms with van der Waals surface area (Å²) in [5.74, 6) is -0.705. The van der Waals surface area contributed by atoms with E-state index in [2.05, 4.69) is 0 Å². The lowest BCUT2D eigenvalue weighted by molar-refractivity contribution is -0.133. The molecule has 0 atom stereocenters. The molecule has 2 aromatic rings. The highest BCUT2D eigenvalue weighted by molar-refractivity contribution is 7.07. The first-order valence-corrected chi connectivity index (χ1v) is 7.48. The standard InChI is InChI=1S/C15H18N2O3S/c1-11-4-5-13(17(11)3)15(19)20-9-14(18)16(2)8-12-6-7-21-10-12/h4-7,10H,8-9H2,1-3H3. The molecular weight excluding hydrogens is 288 g/mol. The summed E-state index contributed by atoms with van der Waals surface area (Å²) in [7, 11) is 3.48. The molecule has 112 valence electrons. The summed E-state index contributed by atoms with van der Waals surface area (Å²) in [5, 5.41) is 3.95. The SMILES string of the molecule is Cc1ccc(C(=O)OCC(=O)N(C)Cc2ccsc2)n1C. The molecule has 0 N–H and O–H groups in total. The third-order valence-corrected chi connectivity index (χ3v) is 4.07. The minimum Gasteiger partial charge on any atom is -0.451 e. The summed E-state index contributed by atoms with van der Waals surface area (Å²) in [6.07, 6.45) is 0.